The maximum absolute atomic E-state index is 6.67. The second-order valence-corrected chi connectivity index (χ2v) is 7.44. The number of rotatable bonds is 2. The maximum Gasteiger partial charge on any atom is 0.0328 e. The van der Waals surface area contributed by atoms with Crippen LogP contribution >= 0.6 is 0 Å². The molecule has 1 aromatic carbocycles. The van der Waals surface area contributed by atoms with E-state index in [1.165, 1.54) is 43.2 Å². The van der Waals surface area contributed by atoms with Crippen LogP contribution in [0.1, 0.15) is 49.3 Å². The Kier molecular flexibility index (Phi) is 2.73. The highest BCUT2D eigenvalue weighted by Crippen LogP contribution is 2.58. The van der Waals surface area contributed by atoms with Gasteiger partial charge in [0.2, 0.25) is 0 Å². The molecule has 1 atom stereocenters. The minimum absolute atomic E-state index is 0.274. The quantitative estimate of drug-likeness (QED) is 0.847. The smallest absolute Gasteiger partial charge is 0.0328 e. The monoisotopic (exact) mass is 255 g/mol. The van der Waals surface area contributed by atoms with Gasteiger partial charge in [-0.25, -0.2) is 0 Å². The van der Waals surface area contributed by atoms with Gasteiger partial charge in [0, 0.05) is 6.04 Å². The lowest BCUT2D eigenvalue weighted by Crippen LogP contribution is -2.48. The van der Waals surface area contributed by atoms with Gasteiger partial charge in [-0.15, -0.1) is 0 Å². The Morgan fingerprint density at radius 2 is 1.42 bits per heavy atom. The highest BCUT2D eigenvalue weighted by molar-refractivity contribution is 5.25. The van der Waals surface area contributed by atoms with Crippen LogP contribution < -0.4 is 5.73 Å². The second kappa shape index (κ2) is 4.34. The maximum atomic E-state index is 6.67. The molecule has 2 N–H and O–H groups in total. The summed E-state index contributed by atoms with van der Waals surface area (Å²) >= 11 is 0. The molecule has 0 aliphatic heterocycles. The first-order valence-electron chi connectivity index (χ1n) is 8.03. The van der Waals surface area contributed by atoms with Crippen molar-refractivity contribution in [3.8, 4) is 0 Å². The Morgan fingerprint density at radius 3 is 1.95 bits per heavy atom. The van der Waals surface area contributed by atoms with Crippen molar-refractivity contribution in [2.24, 2.45) is 35.3 Å². The van der Waals surface area contributed by atoms with Crippen molar-refractivity contribution < 1.29 is 0 Å². The van der Waals surface area contributed by atoms with E-state index in [4.69, 9.17) is 5.73 Å². The number of hydrogen-bond donors (Lipinski definition) is 1. The van der Waals surface area contributed by atoms with Crippen LogP contribution in [0.3, 0.4) is 0 Å². The molecule has 1 nitrogen and oxygen atoms in total. The van der Waals surface area contributed by atoms with Gasteiger partial charge in [-0.05, 0) is 74.2 Å². The molecule has 102 valence electrons. The highest BCUT2D eigenvalue weighted by atomic mass is 14.7. The van der Waals surface area contributed by atoms with Gasteiger partial charge in [0.05, 0.1) is 0 Å². The molecule has 0 radical (unpaired) electrons. The lowest BCUT2D eigenvalue weighted by atomic mass is 9.50. The van der Waals surface area contributed by atoms with Crippen molar-refractivity contribution in [2.75, 3.05) is 0 Å². The summed E-state index contributed by atoms with van der Waals surface area (Å²) in [5.74, 6) is 4.70. The Balaban J connectivity index is 1.60. The van der Waals surface area contributed by atoms with E-state index in [0.717, 1.165) is 29.6 Å². The average Bonchev–Trinajstić information content (AvgIpc) is 2.38. The molecule has 4 bridgehead atoms. The van der Waals surface area contributed by atoms with E-state index in [1.807, 2.05) is 0 Å². The van der Waals surface area contributed by atoms with Gasteiger partial charge < -0.3 is 5.73 Å². The van der Waals surface area contributed by atoms with Crippen LogP contribution in [0.4, 0.5) is 0 Å². The third kappa shape index (κ3) is 1.94. The molecule has 0 spiro atoms. The topological polar surface area (TPSA) is 26.0 Å². The highest BCUT2D eigenvalue weighted by Gasteiger charge is 2.49. The predicted molar refractivity (Wildman–Crippen MR) is 78.6 cm³/mol. The van der Waals surface area contributed by atoms with E-state index in [1.54, 1.807) is 0 Å². The van der Waals surface area contributed by atoms with E-state index in [0.29, 0.717) is 0 Å². The second-order valence-electron chi connectivity index (χ2n) is 7.44. The largest absolute Gasteiger partial charge is 0.324 e. The molecule has 1 unspecified atom stereocenters. The van der Waals surface area contributed by atoms with Crippen molar-refractivity contribution in [1.82, 2.24) is 0 Å². The summed E-state index contributed by atoms with van der Waals surface area (Å²) in [7, 11) is 0. The zero-order chi connectivity index (χ0) is 13.0. The summed E-state index contributed by atoms with van der Waals surface area (Å²) in [5.41, 5.74) is 9.37. The third-order valence-corrected chi connectivity index (χ3v) is 6.18. The lowest BCUT2D eigenvalue weighted by Gasteiger charge is -2.56. The molecule has 4 aliphatic rings. The van der Waals surface area contributed by atoms with Gasteiger partial charge in [0.15, 0.2) is 0 Å². The Labute approximate surface area is 116 Å². The van der Waals surface area contributed by atoms with Gasteiger partial charge in [-0.1, -0.05) is 29.8 Å². The Morgan fingerprint density at radius 1 is 0.895 bits per heavy atom. The summed E-state index contributed by atoms with van der Waals surface area (Å²) in [6.45, 7) is 2.15. The van der Waals surface area contributed by atoms with E-state index in [9.17, 15) is 0 Å². The molecule has 19 heavy (non-hydrogen) atoms. The van der Waals surface area contributed by atoms with E-state index < -0.39 is 0 Å². The van der Waals surface area contributed by atoms with Gasteiger partial charge in [-0.3, -0.25) is 0 Å². The number of aryl methyl sites for hydroxylation is 1. The average molecular weight is 255 g/mol. The summed E-state index contributed by atoms with van der Waals surface area (Å²) in [4.78, 5) is 0. The van der Waals surface area contributed by atoms with Crippen molar-refractivity contribution >= 4 is 0 Å². The number of benzene rings is 1. The molecular weight excluding hydrogens is 230 g/mol. The SMILES string of the molecule is Cc1ccc(C(N)C2C3CC4CC(C3)CC2C4)cc1. The van der Waals surface area contributed by atoms with Gasteiger partial charge >= 0.3 is 0 Å². The van der Waals surface area contributed by atoms with Crippen LogP contribution in [0.5, 0.6) is 0 Å². The molecule has 1 aromatic rings. The van der Waals surface area contributed by atoms with Crippen LogP contribution in [0.25, 0.3) is 0 Å². The minimum Gasteiger partial charge on any atom is -0.324 e. The van der Waals surface area contributed by atoms with E-state index in [2.05, 4.69) is 31.2 Å². The summed E-state index contributed by atoms with van der Waals surface area (Å²) in [6, 6.07) is 9.21. The van der Waals surface area contributed by atoms with Crippen LogP contribution in [-0.4, -0.2) is 0 Å². The van der Waals surface area contributed by atoms with Crippen molar-refractivity contribution in [3.05, 3.63) is 35.4 Å². The van der Waals surface area contributed by atoms with Crippen molar-refractivity contribution in [1.29, 1.82) is 0 Å². The van der Waals surface area contributed by atoms with Gasteiger partial charge in [0.25, 0.3) is 0 Å². The molecule has 0 aromatic heterocycles. The number of nitrogens with two attached hydrogens (primary N) is 1. The normalized spacial score (nSPS) is 41.5. The first-order chi connectivity index (χ1) is 9.20. The molecule has 5 rings (SSSR count). The Bertz CT molecular complexity index is 433. The number of hydrogen-bond acceptors (Lipinski definition) is 1. The van der Waals surface area contributed by atoms with Gasteiger partial charge in [-0.2, -0.15) is 0 Å². The molecule has 4 aliphatic carbocycles. The minimum atomic E-state index is 0.274. The van der Waals surface area contributed by atoms with E-state index in [-0.39, 0.29) is 6.04 Å². The third-order valence-electron chi connectivity index (χ3n) is 6.18. The fourth-order valence-electron chi connectivity index (χ4n) is 5.56. The van der Waals surface area contributed by atoms with E-state index >= 15 is 0 Å². The first kappa shape index (κ1) is 12.0. The predicted octanol–water partition coefficient (Wildman–Crippen LogP) is 4.07. The lowest BCUT2D eigenvalue weighted by molar-refractivity contribution is -0.0471. The van der Waals surface area contributed by atoms with Crippen LogP contribution in [0.2, 0.25) is 0 Å². The van der Waals surface area contributed by atoms with Gasteiger partial charge in [0.1, 0.15) is 0 Å². The molecule has 0 heterocycles. The van der Waals surface area contributed by atoms with Crippen LogP contribution in [0, 0.1) is 36.5 Å². The van der Waals surface area contributed by atoms with Crippen molar-refractivity contribution in [2.45, 2.75) is 45.1 Å². The molecule has 4 saturated carbocycles. The molecule has 0 saturated heterocycles. The molecule has 1 heteroatoms. The zero-order valence-electron chi connectivity index (χ0n) is 11.9. The van der Waals surface area contributed by atoms with Crippen molar-refractivity contribution in [3.63, 3.8) is 0 Å². The molecular formula is C18H25N. The molecule has 4 fully saturated rings. The first-order valence-corrected chi connectivity index (χ1v) is 8.03. The fourth-order valence-corrected chi connectivity index (χ4v) is 5.56. The summed E-state index contributed by atoms with van der Waals surface area (Å²) in [6.07, 6.45) is 7.41. The van der Waals surface area contributed by atoms with Crippen LogP contribution in [0.15, 0.2) is 24.3 Å². The van der Waals surface area contributed by atoms with Crippen LogP contribution in [-0.2, 0) is 0 Å². The standard InChI is InChI=1S/C18H25N/c1-11-2-4-14(5-3-11)18(19)17-15-7-12-6-13(9-15)10-16(17)8-12/h2-5,12-13,15-18H,6-10,19H2,1H3. The fraction of sp³-hybridized carbons (Fsp3) is 0.667. The molecule has 0 amide bonds. The summed E-state index contributed by atoms with van der Waals surface area (Å²) in [5, 5.41) is 0. The zero-order valence-corrected chi connectivity index (χ0v) is 11.9. The Hall–Kier alpha value is -0.820. The summed E-state index contributed by atoms with van der Waals surface area (Å²) < 4.78 is 0.